The second-order valence-corrected chi connectivity index (χ2v) is 6.31. The van der Waals surface area contributed by atoms with Gasteiger partial charge in [0.2, 0.25) is 0 Å². The zero-order valence-corrected chi connectivity index (χ0v) is 15.0. The summed E-state index contributed by atoms with van der Waals surface area (Å²) in [5.74, 6) is 0.799. The molecule has 4 aromatic rings. The van der Waals surface area contributed by atoms with Crippen LogP contribution >= 0.6 is 11.6 Å². The summed E-state index contributed by atoms with van der Waals surface area (Å²) in [6.45, 7) is 0. The Kier molecular flexibility index (Phi) is 4.46. The minimum atomic E-state index is 0.712. The fourth-order valence-electron chi connectivity index (χ4n) is 2.96. The first-order valence-corrected chi connectivity index (χ1v) is 8.69. The van der Waals surface area contributed by atoms with Crippen LogP contribution in [-0.2, 0) is 0 Å². The predicted octanol–water partition coefficient (Wildman–Crippen LogP) is 5.87. The SMILES string of the molecule is COc1ccccc1-c1cc(-c2ccc(Cl)cc2)n(-c2ccccc2)n1. The van der Waals surface area contributed by atoms with E-state index in [0.29, 0.717) is 5.02 Å². The van der Waals surface area contributed by atoms with Gasteiger partial charge in [0.25, 0.3) is 0 Å². The van der Waals surface area contributed by atoms with E-state index in [0.717, 1.165) is 34.0 Å². The number of hydrogen-bond acceptors (Lipinski definition) is 2. The molecule has 0 amide bonds. The Morgan fingerprint density at radius 3 is 2.27 bits per heavy atom. The largest absolute Gasteiger partial charge is 0.496 e. The molecule has 0 N–H and O–H groups in total. The number of methoxy groups -OCH3 is 1. The van der Waals surface area contributed by atoms with Crippen molar-refractivity contribution in [2.45, 2.75) is 0 Å². The molecule has 0 radical (unpaired) electrons. The highest BCUT2D eigenvalue weighted by molar-refractivity contribution is 6.30. The van der Waals surface area contributed by atoms with Crippen molar-refractivity contribution in [3.8, 4) is 34.0 Å². The molecule has 26 heavy (non-hydrogen) atoms. The molecule has 4 heteroatoms. The Balaban J connectivity index is 1.92. The van der Waals surface area contributed by atoms with Crippen LogP contribution in [0.15, 0.2) is 84.9 Å². The average Bonchev–Trinajstić information content (AvgIpc) is 3.14. The lowest BCUT2D eigenvalue weighted by Crippen LogP contribution is -1.99. The molecule has 0 atom stereocenters. The number of aromatic nitrogens is 2. The Hall–Kier alpha value is -3.04. The number of benzene rings is 3. The number of nitrogens with zero attached hydrogens (tertiary/aromatic N) is 2. The minimum absolute atomic E-state index is 0.712. The molecule has 3 nitrogen and oxygen atoms in total. The van der Waals surface area contributed by atoms with E-state index in [2.05, 4.69) is 6.07 Å². The fourth-order valence-corrected chi connectivity index (χ4v) is 3.09. The lowest BCUT2D eigenvalue weighted by Gasteiger charge is -2.07. The minimum Gasteiger partial charge on any atom is -0.496 e. The van der Waals surface area contributed by atoms with Gasteiger partial charge in [0.1, 0.15) is 5.75 Å². The van der Waals surface area contributed by atoms with E-state index in [9.17, 15) is 0 Å². The first kappa shape index (κ1) is 16.4. The third kappa shape index (κ3) is 3.09. The van der Waals surface area contributed by atoms with Crippen molar-refractivity contribution in [3.63, 3.8) is 0 Å². The zero-order valence-electron chi connectivity index (χ0n) is 14.3. The van der Waals surface area contributed by atoms with Gasteiger partial charge in [-0.15, -0.1) is 0 Å². The number of rotatable bonds is 4. The quantitative estimate of drug-likeness (QED) is 0.455. The smallest absolute Gasteiger partial charge is 0.128 e. The highest BCUT2D eigenvalue weighted by Gasteiger charge is 2.15. The molecule has 0 saturated carbocycles. The van der Waals surface area contributed by atoms with E-state index in [1.54, 1.807) is 7.11 Å². The lowest BCUT2D eigenvalue weighted by atomic mass is 10.1. The lowest BCUT2D eigenvalue weighted by molar-refractivity contribution is 0.416. The first-order valence-electron chi connectivity index (χ1n) is 8.31. The van der Waals surface area contributed by atoms with E-state index in [1.165, 1.54) is 0 Å². The van der Waals surface area contributed by atoms with Gasteiger partial charge in [-0.2, -0.15) is 5.10 Å². The van der Waals surface area contributed by atoms with Crippen molar-refractivity contribution in [1.82, 2.24) is 9.78 Å². The van der Waals surface area contributed by atoms with Gasteiger partial charge in [-0.05, 0) is 42.5 Å². The second kappa shape index (κ2) is 7.06. The molecular weight excluding hydrogens is 344 g/mol. The highest BCUT2D eigenvalue weighted by Crippen LogP contribution is 2.33. The highest BCUT2D eigenvalue weighted by atomic mass is 35.5. The number of hydrogen-bond donors (Lipinski definition) is 0. The van der Waals surface area contributed by atoms with Crippen LogP contribution in [0.4, 0.5) is 0 Å². The van der Waals surface area contributed by atoms with Gasteiger partial charge >= 0.3 is 0 Å². The van der Waals surface area contributed by atoms with E-state index in [-0.39, 0.29) is 0 Å². The second-order valence-electron chi connectivity index (χ2n) is 5.87. The Morgan fingerprint density at radius 1 is 0.846 bits per heavy atom. The van der Waals surface area contributed by atoms with Gasteiger partial charge in [0.05, 0.1) is 24.2 Å². The van der Waals surface area contributed by atoms with Crippen molar-refractivity contribution < 1.29 is 4.74 Å². The molecule has 0 aliphatic rings. The van der Waals surface area contributed by atoms with Crippen LogP contribution in [-0.4, -0.2) is 16.9 Å². The third-order valence-corrected chi connectivity index (χ3v) is 4.49. The van der Waals surface area contributed by atoms with Gasteiger partial charge in [-0.1, -0.05) is 54.1 Å². The maximum Gasteiger partial charge on any atom is 0.128 e. The summed E-state index contributed by atoms with van der Waals surface area (Å²) in [4.78, 5) is 0. The number of para-hydroxylation sites is 2. The summed E-state index contributed by atoms with van der Waals surface area (Å²) in [6.07, 6.45) is 0. The molecule has 0 aliphatic carbocycles. The van der Waals surface area contributed by atoms with Crippen LogP contribution in [0.3, 0.4) is 0 Å². The molecule has 0 saturated heterocycles. The van der Waals surface area contributed by atoms with Crippen LogP contribution < -0.4 is 4.74 Å². The summed E-state index contributed by atoms with van der Waals surface area (Å²) in [5, 5.41) is 5.57. The Bertz CT molecular complexity index is 1020. The van der Waals surface area contributed by atoms with Crippen LogP contribution in [0, 0.1) is 0 Å². The molecule has 128 valence electrons. The molecular formula is C22H17ClN2O. The van der Waals surface area contributed by atoms with Gasteiger partial charge < -0.3 is 4.74 Å². The van der Waals surface area contributed by atoms with Crippen LogP contribution in [0.2, 0.25) is 5.02 Å². The monoisotopic (exact) mass is 360 g/mol. The first-order chi connectivity index (χ1) is 12.8. The summed E-state index contributed by atoms with van der Waals surface area (Å²) in [6, 6.07) is 27.9. The van der Waals surface area contributed by atoms with E-state index < -0.39 is 0 Å². The predicted molar refractivity (Wildman–Crippen MR) is 106 cm³/mol. The topological polar surface area (TPSA) is 27.1 Å². The van der Waals surface area contributed by atoms with Gasteiger partial charge in [0.15, 0.2) is 0 Å². The molecule has 0 aliphatic heterocycles. The van der Waals surface area contributed by atoms with E-state index in [4.69, 9.17) is 21.4 Å². The maximum atomic E-state index is 6.06. The molecule has 1 heterocycles. The number of halogens is 1. The van der Waals surface area contributed by atoms with Crippen molar-refractivity contribution in [3.05, 3.63) is 90.0 Å². The summed E-state index contributed by atoms with van der Waals surface area (Å²) in [5.41, 5.74) is 4.86. The van der Waals surface area contributed by atoms with E-state index in [1.807, 2.05) is 83.5 Å². The van der Waals surface area contributed by atoms with Crippen LogP contribution in [0.1, 0.15) is 0 Å². The summed E-state index contributed by atoms with van der Waals surface area (Å²) < 4.78 is 7.46. The normalized spacial score (nSPS) is 10.7. The van der Waals surface area contributed by atoms with Crippen molar-refractivity contribution >= 4 is 11.6 Å². The maximum absolute atomic E-state index is 6.06. The zero-order chi connectivity index (χ0) is 17.9. The van der Waals surface area contributed by atoms with Crippen molar-refractivity contribution in [2.24, 2.45) is 0 Å². The molecule has 1 aromatic heterocycles. The summed E-state index contributed by atoms with van der Waals surface area (Å²) in [7, 11) is 1.67. The molecule has 0 spiro atoms. The fraction of sp³-hybridized carbons (Fsp3) is 0.0455. The number of ether oxygens (including phenoxy) is 1. The van der Waals surface area contributed by atoms with Gasteiger partial charge in [-0.3, -0.25) is 0 Å². The third-order valence-electron chi connectivity index (χ3n) is 4.23. The Morgan fingerprint density at radius 2 is 1.54 bits per heavy atom. The van der Waals surface area contributed by atoms with Crippen molar-refractivity contribution in [1.29, 1.82) is 0 Å². The van der Waals surface area contributed by atoms with Crippen LogP contribution in [0.25, 0.3) is 28.2 Å². The molecule has 3 aromatic carbocycles. The Labute approximate surface area is 157 Å². The average molecular weight is 361 g/mol. The van der Waals surface area contributed by atoms with Crippen LogP contribution in [0.5, 0.6) is 5.75 Å². The molecule has 0 bridgehead atoms. The van der Waals surface area contributed by atoms with Gasteiger partial charge in [-0.25, -0.2) is 4.68 Å². The standard InChI is InChI=1S/C22H17ClN2O/c1-26-22-10-6-5-9-19(22)20-15-21(16-11-13-17(23)14-12-16)25(24-20)18-7-3-2-4-8-18/h2-15H,1H3. The van der Waals surface area contributed by atoms with Crippen molar-refractivity contribution in [2.75, 3.05) is 7.11 Å². The summed E-state index contributed by atoms with van der Waals surface area (Å²) >= 11 is 6.06. The molecule has 4 rings (SSSR count). The van der Waals surface area contributed by atoms with Gasteiger partial charge in [0, 0.05) is 16.1 Å². The molecule has 0 unspecified atom stereocenters. The van der Waals surface area contributed by atoms with E-state index >= 15 is 0 Å². The molecule has 0 fully saturated rings.